The fraction of sp³-hybridized carbons (Fsp3) is 0.640. The van der Waals surface area contributed by atoms with Gasteiger partial charge in [-0.2, -0.15) is 18.3 Å². The summed E-state index contributed by atoms with van der Waals surface area (Å²) in [7, 11) is -1.59. The molecular formula is C25H35ClF3N5O5S. The Morgan fingerprint density at radius 3 is 2.55 bits per heavy atom. The molecule has 1 amide bonds. The predicted octanol–water partition coefficient (Wildman–Crippen LogP) is 4.34. The number of alkyl halides is 3. The maximum atomic E-state index is 13.0. The van der Waals surface area contributed by atoms with Gasteiger partial charge in [0.25, 0.3) is 5.91 Å². The third kappa shape index (κ3) is 8.71. The molecule has 0 aromatic carbocycles. The van der Waals surface area contributed by atoms with Crippen molar-refractivity contribution in [1.82, 2.24) is 20.1 Å². The Kier molecular flexibility index (Phi) is 11.1. The van der Waals surface area contributed by atoms with E-state index in [-0.39, 0.29) is 28.5 Å². The average molecular weight is 610 g/mol. The molecule has 10 nitrogen and oxygen atoms in total. The van der Waals surface area contributed by atoms with Crippen LogP contribution in [-0.2, 0) is 21.1 Å². The summed E-state index contributed by atoms with van der Waals surface area (Å²) in [6.45, 7) is 1.66. The standard InChI is InChI=1S/C25H35ClF3N5O5S/c1-4-34-23(18-14-31-20(12-19(18)38-2)30-10-5-11-39-15-25(27,28)29)21(26)22(33-34)24(35)32-13-16-6-8-17(9-7-16)40(3,36)37/h12,14,16-17H,4-11,13,15H2,1-3H3,(H,30,31)(H,32,35)/t16-,17-. The quantitative estimate of drug-likeness (QED) is 0.321. The normalized spacial score (nSPS) is 18.0. The van der Waals surface area contributed by atoms with E-state index in [0.29, 0.717) is 74.6 Å². The number of carbonyl (C=O) groups is 1. The number of sulfone groups is 1. The van der Waals surface area contributed by atoms with Crippen LogP contribution in [0.5, 0.6) is 5.75 Å². The first-order valence-corrected chi connectivity index (χ1v) is 15.3. The second-order valence-corrected chi connectivity index (χ2v) is 12.4. The predicted molar refractivity (Wildman–Crippen MR) is 146 cm³/mol. The maximum absolute atomic E-state index is 13.0. The molecule has 1 saturated carbocycles. The van der Waals surface area contributed by atoms with Crippen molar-refractivity contribution in [3.8, 4) is 17.0 Å². The first-order chi connectivity index (χ1) is 18.8. The largest absolute Gasteiger partial charge is 0.496 e. The van der Waals surface area contributed by atoms with Gasteiger partial charge in [0.2, 0.25) is 0 Å². The number of hydrogen-bond donors (Lipinski definition) is 2. The van der Waals surface area contributed by atoms with Crippen LogP contribution < -0.4 is 15.4 Å². The van der Waals surface area contributed by atoms with Crippen molar-refractivity contribution in [2.24, 2.45) is 5.92 Å². The van der Waals surface area contributed by atoms with Crippen molar-refractivity contribution in [3.05, 3.63) is 23.0 Å². The number of rotatable bonds is 13. The summed E-state index contributed by atoms with van der Waals surface area (Å²) < 4.78 is 71.8. The number of pyridine rings is 1. The Morgan fingerprint density at radius 1 is 1.25 bits per heavy atom. The van der Waals surface area contributed by atoms with Crippen LogP contribution in [0.3, 0.4) is 0 Å². The van der Waals surface area contributed by atoms with Gasteiger partial charge in [0.05, 0.1) is 28.6 Å². The van der Waals surface area contributed by atoms with Gasteiger partial charge in [-0.25, -0.2) is 13.4 Å². The first kappa shape index (κ1) is 31.9. The number of aryl methyl sites for hydroxylation is 1. The highest BCUT2D eigenvalue weighted by molar-refractivity contribution is 7.91. The third-order valence-electron chi connectivity index (χ3n) is 6.74. The van der Waals surface area contributed by atoms with Gasteiger partial charge in [0.15, 0.2) is 5.69 Å². The second-order valence-electron chi connectivity index (χ2n) is 9.73. The number of methoxy groups -OCH3 is 1. The average Bonchev–Trinajstić information content (AvgIpc) is 3.24. The highest BCUT2D eigenvalue weighted by atomic mass is 35.5. The van der Waals surface area contributed by atoms with Crippen molar-refractivity contribution in [3.63, 3.8) is 0 Å². The number of ether oxygens (including phenoxy) is 2. The number of anilines is 1. The van der Waals surface area contributed by atoms with Crippen LogP contribution in [0.1, 0.15) is 49.5 Å². The molecular weight excluding hydrogens is 575 g/mol. The van der Waals surface area contributed by atoms with Crippen molar-refractivity contribution >= 4 is 33.2 Å². The molecule has 224 valence electrons. The van der Waals surface area contributed by atoms with Crippen LogP contribution in [0.2, 0.25) is 5.02 Å². The van der Waals surface area contributed by atoms with Gasteiger partial charge in [-0.15, -0.1) is 0 Å². The fourth-order valence-electron chi connectivity index (χ4n) is 4.62. The summed E-state index contributed by atoms with van der Waals surface area (Å²) >= 11 is 6.66. The minimum absolute atomic E-state index is 0.0558. The summed E-state index contributed by atoms with van der Waals surface area (Å²) in [6, 6.07) is 1.63. The third-order valence-corrected chi connectivity index (χ3v) is 8.78. The van der Waals surface area contributed by atoms with E-state index >= 15 is 0 Å². The molecule has 0 aliphatic heterocycles. The number of aromatic nitrogens is 3. The molecule has 0 bridgehead atoms. The molecule has 0 saturated heterocycles. The smallest absolute Gasteiger partial charge is 0.411 e. The maximum Gasteiger partial charge on any atom is 0.411 e. The summed E-state index contributed by atoms with van der Waals surface area (Å²) in [5.74, 6) is 0.603. The zero-order valence-corrected chi connectivity index (χ0v) is 24.3. The van der Waals surface area contributed by atoms with Gasteiger partial charge in [-0.05, 0) is 44.9 Å². The number of nitrogens with zero attached hydrogens (tertiary/aromatic N) is 3. The molecule has 0 spiro atoms. The Bertz CT molecular complexity index is 1260. The van der Waals surface area contributed by atoms with Gasteiger partial charge < -0.3 is 20.1 Å². The van der Waals surface area contributed by atoms with E-state index in [9.17, 15) is 26.4 Å². The molecule has 2 aromatic rings. The number of amides is 1. The van der Waals surface area contributed by atoms with Gasteiger partial charge in [0.1, 0.15) is 28.0 Å². The molecule has 1 aliphatic carbocycles. The highest BCUT2D eigenvalue weighted by Crippen LogP contribution is 2.37. The molecule has 15 heteroatoms. The molecule has 2 heterocycles. The number of nitrogens with one attached hydrogen (secondary N) is 2. The zero-order valence-electron chi connectivity index (χ0n) is 22.7. The monoisotopic (exact) mass is 609 g/mol. The summed E-state index contributed by atoms with van der Waals surface area (Å²) in [6.07, 6.45) is 1.36. The van der Waals surface area contributed by atoms with Crippen LogP contribution in [0, 0.1) is 5.92 Å². The fourth-order valence-corrected chi connectivity index (χ4v) is 6.07. The van der Waals surface area contributed by atoms with Gasteiger partial charge in [-0.1, -0.05) is 11.6 Å². The molecule has 0 radical (unpaired) electrons. The zero-order chi connectivity index (χ0) is 29.5. The lowest BCUT2D eigenvalue weighted by molar-refractivity contribution is -0.173. The number of halogens is 4. The molecule has 1 aliphatic rings. The summed E-state index contributed by atoms with van der Waals surface area (Å²) in [5, 5.41) is 10.1. The van der Waals surface area contributed by atoms with Gasteiger partial charge in [-0.3, -0.25) is 9.48 Å². The second kappa shape index (κ2) is 13.9. The van der Waals surface area contributed by atoms with E-state index in [0.717, 1.165) is 0 Å². The van der Waals surface area contributed by atoms with E-state index in [1.165, 1.54) is 19.6 Å². The first-order valence-electron chi connectivity index (χ1n) is 13.0. The molecule has 1 fully saturated rings. The molecule has 40 heavy (non-hydrogen) atoms. The van der Waals surface area contributed by atoms with Gasteiger partial charge in [0, 0.05) is 44.8 Å². The number of carbonyl (C=O) groups excluding carboxylic acids is 1. The Morgan fingerprint density at radius 2 is 1.95 bits per heavy atom. The molecule has 0 unspecified atom stereocenters. The topological polar surface area (TPSA) is 124 Å². The lowest BCUT2D eigenvalue weighted by atomic mass is 9.89. The SMILES string of the molecule is CCn1nc(C(=O)NC[C@H]2CC[C@H](S(C)(=O)=O)CC2)c(Cl)c1-c1cnc(NCCCOCC(F)(F)F)cc1OC. The van der Waals surface area contributed by atoms with E-state index in [4.69, 9.17) is 16.3 Å². The lowest BCUT2D eigenvalue weighted by Crippen LogP contribution is -2.34. The summed E-state index contributed by atoms with van der Waals surface area (Å²) in [5.41, 5.74) is 1.03. The Balaban J connectivity index is 1.64. The number of hydrogen-bond acceptors (Lipinski definition) is 8. The molecule has 2 N–H and O–H groups in total. The minimum Gasteiger partial charge on any atom is -0.496 e. The van der Waals surface area contributed by atoms with Gasteiger partial charge >= 0.3 is 6.18 Å². The van der Waals surface area contributed by atoms with Crippen molar-refractivity contribution in [2.75, 3.05) is 45.0 Å². The van der Waals surface area contributed by atoms with E-state index in [1.807, 2.05) is 6.92 Å². The van der Waals surface area contributed by atoms with E-state index in [1.54, 1.807) is 10.7 Å². The highest BCUT2D eigenvalue weighted by Gasteiger charge is 2.30. The lowest BCUT2D eigenvalue weighted by Gasteiger charge is -2.27. The van der Waals surface area contributed by atoms with Crippen LogP contribution in [0.25, 0.3) is 11.3 Å². The van der Waals surface area contributed by atoms with Crippen molar-refractivity contribution in [2.45, 2.75) is 57.0 Å². The van der Waals surface area contributed by atoms with Crippen LogP contribution in [0.15, 0.2) is 12.3 Å². The van der Waals surface area contributed by atoms with Crippen LogP contribution >= 0.6 is 11.6 Å². The molecule has 2 aromatic heterocycles. The van der Waals surface area contributed by atoms with Crippen LogP contribution in [-0.4, -0.2) is 80.2 Å². The Hall–Kier alpha value is -2.58. The van der Waals surface area contributed by atoms with E-state index < -0.39 is 28.5 Å². The minimum atomic E-state index is -4.36. The summed E-state index contributed by atoms with van der Waals surface area (Å²) in [4.78, 5) is 17.4. The van der Waals surface area contributed by atoms with Crippen molar-refractivity contribution < 1.29 is 35.9 Å². The van der Waals surface area contributed by atoms with Crippen molar-refractivity contribution in [1.29, 1.82) is 0 Å². The Labute approximate surface area is 236 Å². The molecule has 3 rings (SSSR count). The van der Waals surface area contributed by atoms with Crippen LogP contribution in [0.4, 0.5) is 19.0 Å². The molecule has 0 atom stereocenters. The van der Waals surface area contributed by atoms with E-state index in [2.05, 4.69) is 25.5 Å².